The number of fused-ring (bicyclic) bond motifs is 1. The highest BCUT2D eigenvalue weighted by atomic mass is 35.5. The zero-order chi connectivity index (χ0) is 15.0. The van der Waals surface area contributed by atoms with Crippen molar-refractivity contribution in [3.05, 3.63) is 52.2 Å². The molecular weight excluding hydrogens is 288 g/mol. The SMILES string of the molecule is Cc1cccc(NC(=O)c2cc(Cl)cc3c2O[C@H](C)C3)n1. The standard InChI is InChI=1S/C16H15ClN2O2/c1-9-4-3-5-14(18-9)19-16(20)13-8-12(17)7-11-6-10(2)21-15(11)13/h3-5,7-8,10H,6H2,1-2H3,(H,18,19,20)/t10-/m1/s1. The Hall–Kier alpha value is -2.07. The van der Waals surface area contributed by atoms with Crippen molar-refractivity contribution in [2.45, 2.75) is 26.4 Å². The summed E-state index contributed by atoms with van der Waals surface area (Å²) in [7, 11) is 0. The lowest BCUT2D eigenvalue weighted by atomic mass is 10.1. The van der Waals surface area contributed by atoms with Crippen LogP contribution in [0.1, 0.15) is 28.5 Å². The molecule has 1 amide bonds. The van der Waals surface area contributed by atoms with Crippen molar-refractivity contribution in [2.24, 2.45) is 0 Å². The minimum Gasteiger partial charge on any atom is -0.489 e. The fourth-order valence-electron chi connectivity index (χ4n) is 2.46. The second-order valence-corrected chi connectivity index (χ2v) is 5.63. The van der Waals surface area contributed by atoms with E-state index in [0.717, 1.165) is 17.7 Å². The molecule has 1 aliphatic rings. The highest BCUT2D eigenvalue weighted by molar-refractivity contribution is 6.31. The first-order chi connectivity index (χ1) is 10.0. The average Bonchev–Trinajstić information content (AvgIpc) is 2.77. The number of nitrogens with zero attached hydrogens (tertiary/aromatic N) is 1. The van der Waals surface area contributed by atoms with E-state index in [1.165, 1.54) is 0 Å². The molecule has 0 fully saturated rings. The van der Waals surface area contributed by atoms with Crippen LogP contribution in [0.5, 0.6) is 5.75 Å². The van der Waals surface area contributed by atoms with Gasteiger partial charge in [-0.05, 0) is 38.1 Å². The van der Waals surface area contributed by atoms with E-state index in [2.05, 4.69) is 10.3 Å². The van der Waals surface area contributed by atoms with Crippen molar-refractivity contribution < 1.29 is 9.53 Å². The van der Waals surface area contributed by atoms with Crippen LogP contribution < -0.4 is 10.1 Å². The van der Waals surface area contributed by atoms with E-state index in [9.17, 15) is 4.79 Å². The molecule has 0 saturated carbocycles. The molecule has 2 heterocycles. The van der Waals surface area contributed by atoms with Crippen LogP contribution in [0.25, 0.3) is 0 Å². The second-order valence-electron chi connectivity index (χ2n) is 5.19. The summed E-state index contributed by atoms with van der Waals surface area (Å²) >= 11 is 6.10. The average molecular weight is 303 g/mol. The van der Waals surface area contributed by atoms with Crippen LogP contribution in [0.3, 0.4) is 0 Å². The molecule has 108 valence electrons. The third-order valence-corrected chi connectivity index (χ3v) is 3.55. The van der Waals surface area contributed by atoms with E-state index in [-0.39, 0.29) is 12.0 Å². The Labute approximate surface area is 128 Å². The van der Waals surface area contributed by atoms with Gasteiger partial charge >= 0.3 is 0 Å². The van der Waals surface area contributed by atoms with Crippen molar-refractivity contribution in [2.75, 3.05) is 5.32 Å². The number of nitrogens with one attached hydrogen (secondary N) is 1. The Kier molecular flexibility index (Phi) is 3.55. The van der Waals surface area contributed by atoms with Crippen molar-refractivity contribution in [3.8, 4) is 5.75 Å². The van der Waals surface area contributed by atoms with Gasteiger partial charge in [-0.25, -0.2) is 4.98 Å². The zero-order valence-electron chi connectivity index (χ0n) is 11.8. The number of hydrogen-bond donors (Lipinski definition) is 1. The number of benzene rings is 1. The number of halogens is 1. The molecule has 1 aromatic carbocycles. The largest absolute Gasteiger partial charge is 0.489 e. The highest BCUT2D eigenvalue weighted by Crippen LogP contribution is 2.35. The van der Waals surface area contributed by atoms with Crippen LogP contribution in [0, 0.1) is 6.92 Å². The molecule has 0 radical (unpaired) electrons. The third kappa shape index (κ3) is 2.85. The Bertz CT molecular complexity index is 715. The normalized spacial score (nSPS) is 16.2. The van der Waals surface area contributed by atoms with Gasteiger partial charge in [-0.2, -0.15) is 0 Å². The topological polar surface area (TPSA) is 51.2 Å². The number of anilines is 1. The van der Waals surface area contributed by atoms with Gasteiger partial charge in [0.1, 0.15) is 17.7 Å². The highest BCUT2D eigenvalue weighted by Gasteiger charge is 2.26. The molecule has 1 aromatic heterocycles. The number of pyridine rings is 1. The maximum Gasteiger partial charge on any atom is 0.260 e. The minimum atomic E-state index is -0.263. The first-order valence-corrected chi connectivity index (χ1v) is 7.15. The fourth-order valence-corrected chi connectivity index (χ4v) is 2.70. The molecule has 1 atom stereocenters. The predicted molar refractivity (Wildman–Crippen MR) is 82.2 cm³/mol. The Balaban J connectivity index is 1.92. The van der Waals surface area contributed by atoms with Crippen LogP contribution in [0.4, 0.5) is 5.82 Å². The van der Waals surface area contributed by atoms with Crippen molar-refractivity contribution >= 4 is 23.3 Å². The van der Waals surface area contributed by atoms with Crippen LogP contribution in [-0.4, -0.2) is 17.0 Å². The van der Waals surface area contributed by atoms with Crippen LogP contribution in [0.2, 0.25) is 5.02 Å². The summed E-state index contributed by atoms with van der Waals surface area (Å²) in [6, 6.07) is 8.95. The molecule has 0 saturated heterocycles. The molecule has 4 nitrogen and oxygen atoms in total. The second kappa shape index (κ2) is 5.37. The van der Waals surface area contributed by atoms with E-state index in [4.69, 9.17) is 16.3 Å². The molecule has 3 rings (SSSR count). The summed E-state index contributed by atoms with van der Waals surface area (Å²) in [5.74, 6) is 0.873. The molecule has 0 bridgehead atoms. The molecular formula is C16H15ClN2O2. The first-order valence-electron chi connectivity index (χ1n) is 6.77. The minimum absolute atomic E-state index is 0.0575. The molecule has 0 aliphatic carbocycles. The number of rotatable bonds is 2. The Morgan fingerprint density at radius 2 is 2.24 bits per heavy atom. The predicted octanol–water partition coefficient (Wildman–Crippen LogP) is 3.62. The lowest BCUT2D eigenvalue weighted by Crippen LogP contribution is -2.15. The van der Waals surface area contributed by atoms with Crippen molar-refractivity contribution in [1.29, 1.82) is 0 Å². The van der Waals surface area contributed by atoms with E-state index >= 15 is 0 Å². The number of amides is 1. The number of carbonyl (C=O) groups is 1. The van der Waals surface area contributed by atoms with E-state index in [0.29, 0.717) is 22.2 Å². The van der Waals surface area contributed by atoms with Gasteiger partial charge in [-0.15, -0.1) is 0 Å². The molecule has 21 heavy (non-hydrogen) atoms. The van der Waals surface area contributed by atoms with Gasteiger partial charge in [0.15, 0.2) is 0 Å². The number of hydrogen-bond acceptors (Lipinski definition) is 3. The van der Waals surface area contributed by atoms with Gasteiger partial charge in [0.05, 0.1) is 5.56 Å². The Morgan fingerprint density at radius 1 is 1.43 bits per heavy atom. The summed E-state index contributed by atoms with van der Waals surface area (Å²) in [5.41, 5.74) is 2.26. The van der Waals surface area contributed by atoms with Gasteiger partial charge in [-0.3, -0.25) is 4.79 Å². The van der Waals surface area contributed by atoms with Gasteiger partial charge in [0.2, 0.25) is 0 Å². The number of ether oxygens (including phenoxy) is 1. The summed E-state index contributed by atoms with van der Waals surface area (Å²) in [6.45, 7) is 3.84. The molecule has 2 aromatic rings. The summed E-state index contributed by atoms with van der Waals surface area (Å²) < 4.78 is 5.74. The maximum absolute atomic E-state index is 12.5. The monoisotopic (exact) mass is 302 g/mol. The van der Waals surface area contributed by atoms with Crippen LogP contribution in [-0.2, 0) is 6.42 Å². The first kappa shape index (κ1) is 13.9. The molecule has 1 N–H and O–H groups in total. The van der Waals surface area contributed by atoms with E-state index < -0.39 is 0 Å². The summed E-state index contributed by atoms with van der Waals surface area (Å²) in [4.78, 5) is 16.7. The maximum atomic E-state index is 12.5. The van der Waals surface area contributed by atoms with E-state index in [1.807, 2.05) is 32.0 Å². The van der Waals surface area contributed by atoms with E-state index in [1.54, 1.807) is 12.1 Å². The van der Waals surface area contributed by atoms with Gasteiger partial charge in [0.25, 0.3) is 5.91 Å². The molecule has 1 aliphatic heterocycles. The lowest BCUT2D eigenvalue weighted by molar-refractivity contribution is 0.102. The van der Waals surface area contributed by atoms with Gasteiger partial charge in [0, 0.05) is 22.7 Å². The number of carbonyl (C=O) groups excluding carboxylic acids is 1. The van der Waals surface area contributed by atoms with Crippen molar-refractivity contribution in [3.63, 3.8) is 0 Å². The lowest BCUT2D eigenvalue weighted by Gasteiger charge is -2.10. The summed E-state index contributed by atoms with van der Waals surface area (Å²) in [6.07, 6.45) is 0.820. The molecule has 0 spiro atoms. The van der Waals surface area contributed by atoms with Crippen LogP contribution in [0.15, 0.2) is 30.3 Å². The third-order valence-electron chi connectivity index (χ3n) is 3.33. The molecule has 0 unspecified atom stereocenters. The van der Waals surface area contributed by atoms with Crippen molar-refractivity contribution in [1.82, 2.24) is 4.98 Å². The zero-order valence-corrected chi connectivity index (χ0v) is 12.6. The smallest absolute Gasteiger partial charge is 0.260 e. The quantitative estimate of drug-likeness (QED) is 0.922. The number of aryl methyl sites for hydroxylation is 1. The summed E-state index contributed by atoms with van der Waals surface area (Å²) in [5, 5.41) is 3.32. The number of aromatic nitrogens is 1. The van der Waals surface area contributed by atoms with Gasteiger partial charge in [-0.1, -0.05) is 17.7 Å². The van der Waals surface area contributed by atoms with Crippen LogP contribution >= 0.6 is 11.6 Å². The van der Waals surface area contributed by atoms with Gasteiger partial charge < -0.3 is 10.1 Å². The molecule has 5 heteroatoms. The fraction of sp³-hybridized carbons (Fsp3) is 0.250. The Morgan fingerprint density at radius 3 is 3.00 bits per heavy atom.